The SMILES string of the molecule is COc1cc2c3c(c1F)CCCC3NN2CC(C)N. The molecular formula is C14H20FN3O. The van der Waals surface area contributed by atoms with Gasteiger partial charge in [-0.15, -0.1) is 0 Å². The highest BCUT2D eigenvalue weighted by molar-refractivity contribution is 5.65. The molecule has 0 amide bonds. The summed E-state index contributed by atoms with van der Waals surface area (Å²) in [5.74, 6) is 0.128. The molecule has 1 aliphatic carbocycles. The second-order valence-electron chi connectivity index (χ2n) is 5.47. The number of hydrogen-bond acceptors (Lipinski definition) is 4. The van der Waals surface area contributed by atoms with Gasteiger partial charge in [-0.3, -0.25) is 0 Å². The molecule has 0 saturated heterocycles. The molecule has 0 aromatic heterocycles. The van der Waals surface area contributed by atoms with Gasteiger partial charge in [0.1, 0.15) is 0 Å². The van der Waals surface area contributed by atoms with Crippen LogP contribution in [0.4, 0.5) is 10.1 Å². The molecule has 1 aromatic rings. The van der Waals surface area contributed by atoms with Crippen molar-refractivity contribution in [3.8, 4) is 5.75 Å². The maximum atomic E-state index is 14.3. The first-order chi connectivity index (χ1) is 9.11. The number of methoxy groups -OCH3 is 1. The summed E-state index contributed by atoms with van der Waals surface area (Å²) in [5, 5.41) is 2.04. The summed E-state index contributed by atoms with van der Waals surface area (Å²) in [6.45, 7) is 2.67. The first kappa shape index (κ1) is 12.7. The molecule has 2 unspecified atom stereocenters. The molecule has 0 saturated carbocycles. The van der Waals surface area contributed by atoms with E-state index in [0.717, 1.165) is 36.1 Å². The summed E-state index contributed by atoms with van der Waals surface area (Å²) >= 11 is 0. The fourth-order valence-corrected chi connectivity index (χ4v) is 3.15. The van der Waals surface area contributed by atoms with Gasteiger partial charge in [0.2, 0.25) is 0 Å². The van der Waals surface area contributed by atoms with Crippen molar-refractivity contribution in [3.05, 3.63) is 23.0 Å². The molecule has 0 spiro atoms. The van der Waals surface area contributed by atoms with E-state index in [1.165, 1.54) is 7.11 Å². The monoisotopic (exact) mass is 265 g/mol. The van der Waals surface area contributed by atoms with Crippen LogP contribution in [0, 0.1) is 5.82 Å². The molecule has 3 rings (SSSR count). The fraction of sp³-hybridized carbons (Fsp3) is 0.571. The lowest BCUT2D eigenvalue weighted by atomic mass is 9.87. The summed E-state index contributed by atoms with van der Waals surface area (Å²) in [4.78, 5) is 0. The van der Waals surface area contributed by atoms with Crippen LogP contribution >= 0.6 is 0 Å². The van der Waals surface area contributed by atoms with Crippen molar-refractivity contribution in [2.45, 2.75) is 38.3 Å². The molecule has 3 N–H and O–H groups in total. The highest BCUT2D eigenvalue weighted by atomic mass is 19.1. The highest BCUT2D eigenvalue weighted by Crippen LogP contribution is 2.45. The summed E-state index contributed by atoms with van der Waals surface area (Å²) in [5.41, 5.74) is 12.3. The standard InChI is InChI=1S/C14H20FN3O/c1-8(16)7-18-11-6-12(19-2)14(15)9-4-3-5-10(17-18)13(9)11/h6,8,10,17H,3-5,7,16H2,1-2H3. The average Bonchev–Trinajstić information content (AvgIpc) is 2.71. The number of halogens is 1. The van der Waals surface area contributed by atoms with Crippen molar-refractivity contribution in [2.75, 3.05) is 18.7 Å². The van der Waals surface area contributed by atoms with Crippen LogP contribution in [0.2, 0.25) is 0 Å². The van der Waals surface area contributed by atoms with Gasteiger partial charge in [-0.1, -0.05) is 0 Å². The first-order valence-electron chi connectivity index (χ1n) is 6.80. The molecule has 1 aliphatic heterocycles. The molecule has 5 heteroatoms. The normalized spacial score (nSPS) is 22.3. The number of nitrogens with one attached hydrogen (secondary N) is 1. The number of ether oxygens (including phenoxy) is 1. The number of rotatable bonds is 3. The molecule has 2 atom stereocenters. The number of hydrazine groups is 1. The zero-order valence-corrected chi connectivity index (χ0v) is 11.4. The van der Waals surface area contributed by atoms with Gasteiger partial charge in [-0.25, -0.2) is 9.82 Å². The van der Waals surface area contributed by atoms with Gasteiger partial charge in [0.15, 0.2) is 11.6 Å². The third-order valence-electron chi connectivity index (χ3n) is 3.91. The lowest BCUT2D eigenvalue weighted by molar-refractivity contribution is 0.381. The van der Waals surface area contributed by atoms with Crippen molar-refractivity contribution in [3.63, 3.8) is 0 Å². The Morgan fingerprint density at radius 3 is 3.11 bits per heavy atom. The van der Waals surface area contributed by atoms with Crippen molar-refractivity contribution < 1.29 is 9.13 Å². The van der Waals surface area contributed by atoms with Gasteiger partial charge >= 0.3 is 0 Å². The molecule has 4 nitrogen and oxygen atoms in total. The Bertz CT molecular complexity index is 504. The van der Waals surface area contributed by atoms with E-state index in [9.17, 15) is 4.39 Å². The molecule has 1 heterocycles. The van der Waals surface area contributed by atoms with Gasteiger partial charge in [0.25, 0.3) is 0 Å². The van der Waals surface area contributed by atoms with Crippen LogP contribution in [0.5, 0.6) is 5.75 Å². The van der Waals surface area contributed by atoms with Gasteiger partial charge in [0.05, 0.1) is 18.8 Å². The van der Waals surface area contributed by atoms with Crippen LogP contribution in [-0.4, -0.2) is 19.7 Å². The molecular weight excluding hydrogens is 245 g/mol. The van der Waals surface area contributed by atoms with E-state index < -0.39 is 0 Å². The molecule has 2 aliphatic rings. The van der Waals surface area contributed by atoms with Crippen LogP contribution in [-0.2, 0) is 6.42 Å². The fourth-order valence-electron chi connectivity index (χ4n) is 3.15. The van der Waals surface area contributed by atoms with Crippen molar-refractivity contribution in [2.24, 2.45) is 5.73 Å². The van der Waals surface area contributed by atoms with E-state index in [1.807, 2.05) is 11.9 Å². The number of anilines is 1. The quantitative estimate of drug-likeness (QED) is 0.876. The third kappa shape index (κ3) is 1.97. The highest BCUT2D eigenvalue weighted by Gasteiger charge is 2.36. The molecule has 104 valence electrons. The van der Waals surface area contributed by atoms with Crippen molar-refractivity contribution >= 4 is 5.69 Å². The maximum Gasteiger partial charge on any atom is 0.168 e. The summed E-state index contributed by atoms with van der Waals surface area (Å²) in [7, 11) is 1.51. The van der Waals surface area contributed by atoms with E-state index in [1.54, 1.807) is 6.07 Å². The Morgan fingerprint density at radius 2 is 2.42 bits per heavy atom. The Morgan fingerprint density at radius 1 is 1.63 bits per heavy atom. The Hall–Kier alpha value is -1.33. The van der Waals surface area contributed by atoms with Crippen LogP contribution in [0.3, 0.4) is 0 Å². The Labute approximate surface area is 112 Å². The molecule has 0 fully saturated rings. The molecule has 0 bridgehead atoms. The minimum atomic E-state index is -0.199. The molecule has 0 radical (unpaired) electrons. The van der Waals surface area contributed by atoms with E-state index >= 15 is 0 Å². The summed E-state index contributed by atoms with van der Waals surface area (Å²) < 4.78 is 19.5. The first-order valence-corrected chi connectivity index (χ1v) is 6.80. The van der Waals surface area contributed by atoms with Gasteiger partial charge < -0.3 is 15.5 Å². The number of benzene rings is 1. The second kappa shape index (κ2) is 4.65. The Balaban J connectivity index is 2.10. The van der Waals surface area contributed by atoms with E-state index in [2.05, 4.69) is 5.43 Å². The van der Waals surface area contributed by atoms with Crippen molar-refractivity contribution in [1.82, 2.24) is 5.43 Å². The predicted octanol–water partition coefficient (Wildman–Crippen LogP) is 1.88. The lowest BCUT2D eigenvalue weighted by Crippen LogP contribution is -2.42. The maximum absolute atomic E-state index is 14.3. The van der Waals surface area contributed by atoms with E-state index in [4.69, 9.17) is 10.5 Å². The van der Waals surface area contributed by atoms with Crippen LogP contribution in [0.25, 0.3) is 0 Å². The topological polar surface area (TPSA) is 50.5 Å². The van der Waals surface area contributed by atoms with Gasteiger partial charge in [0, 0.05) is 24.2 Å². The zero-order valence-electron chi connectivity index (χ0n) is 11.4. The van der Waals surface area contributed by atoms with E-state index in [0.29, 0.717) is 12.3 Å². The van der Waals surface area contributed by atoms with Crippen LogP contribution < -0.4 is 20.9 Å². The number of nitrogens with zero attached hydrogens (tertiary/aromatic N) is 1. The molecule has 19 heavy (non-hydrogen) atoms. The van der Waals surface area contributed by atoms with Gasteiger partial charge in [-0.05, 0) is 31.7 Å². The molecule has 1 aromatic carbocycles. The summed E-state index contributed by atoms with van der Waals surface area (Å²) in [6, 6.07) is 2.06. The smallest absolute Gasteiger partial charge is 0.168 e. The predicted molar refractivity (Wildman–Crippen MR) is 72.8 cm³/mol. The van der Waals surface area contributed by atoms with E-state index in [-0.39, 0.29) is 17.9 Å². The number of hydrogen-bond donors (Lipinski definition) is 2. The zero-order chi connectivity index (χ0) is 13.6. The van der Waals surface area contributed by atoms with Crippen LogP contribution in [0.1, 0.15) is 36.9 Å². The Kier molecular flexibility index (Phi) is 3.11. The minimum absolute atomic E-state index is 0.0550. The third-order valence-corrected chi connectivity index (χ3v) is 3.91. The summed E-state index contributed by atoms with van der Waals surface area (Å²) in [6.07, 6.45) is 2.83. The largest absolute Gasteiger partial charge is 0.494 e. The van der Waals surface area contributed by atoms with Crippen LogP contribution in [0.15, 0.2) is 6.07 Å². The van der Waals surface area contributed by atoms with Gasteiger partial charge in [-0.2, -0.15) is 0 Å². The lowest BCUT2D eigenvalue weighted by Gasteiger charge is -2.22. The van der Waals surface area contributed by atoms with Crippen molar-refractivity contribution in [1.29, 1.82) is 0 Å². The minimum Gasteiger partial charge on any atom is -0.494 e. The number of nitrogens with two attached hydrogens (primary N) is 1. The second-order valence-corrected chi connectivity index (χ2v) is 5.47. The average molecular weight is 265 g/mol.